The molecule has 2 rings (SSSR count). The van der Waals surface area contributed by atoms with Gasteiger partial charge in [0.1, 0.15) is 10.4 Å². The van der Waals surface area contributed by atoms with Gasteiger partial charge in [-0.3, -0.25) is 4.98 Å². The molecule has 0 aliphatic heterocycles. The summed E-state index contributed by atoms with van der Waals surface area (Å²) in [5, 5.41) is 0. The molecule has 0 saturated carbocycles. The van der Waals surface area contributed by atoms with E-state index in [0.29, 0.717) is 11.2 Å². The number of aromatic nitrogens is 2. The van der Waals surface area contributed by atoms with Crippen molar-refractivity contribution in [1.29, 1.82) is 0 Å². The molecule has 3 nitrogen and oxygen atoms in total. The molecule has 0 atom stereocenters. The zero-order valence-corrected chi connectivity index (χ0v) is 9.75. The van der Waals surface area contributed by atoms with Crippen molar-refractivity contribution in [1.82, 2.24) is 9.97 Å². The van der Waals surface area contributed by atoms with E-state index in [4.69, 9.17) is 17.0 Å². The largest absolute Gasteiger partial charge is 0.494 e. The Morgan fingerprint density at radius 2 is 2.00 bits per heavy atom. The molecule has 0 amide bonds. The number of rotatable bonds is 3. The summed E-state index contributed by atoms with van der Waals surface area (Å²) in [6.07, 6.45) is 3.37. The van der Waals surface area contributed by atoms with Gasteiger partial charge in [0.2, 0.25) is 0 Å². The molecule has 1 aromatic carbocycles. The summed E-state index contributed by atoms with van der Waals surface area (Å²) in [5.74, 6) is 0.869. The molecule has 0 spiro atoms. The minimum absolute atomic E-state index is 0.631. The van der Waals surface area contributed by atoms with Gasteiger partial charge in [-0.2, -0.15) is 0 Å². The lowest BCUT2D eigenvalue weighted by Crippen LogP contribution is -1.91. The first-order valence-electron chi connectivity index (χ1n) is 5.07. The fraction of sp³-hybridized carbons (Fsp3) is 0.167. The number of ether oxygens (including phenoxy) is 1. The quantitative estimate of drug-likeness (QED) is 0.826. The van der Waals surface area contributed by atoms with E-state index in [-0.39, 0.29) is 0 Å². The average molecular weight is 232 g/mol. The van der Waals surface area contributed by atoms with Gasteiger partial charge in [-0.05, 0) is 36.8 Å². The Hall–Kier alpha value is -1.68. The number of hydrogen-bond donors (Lipinski definition) is 1. The molecule has 2 aromatic rings. The highest BCUT2D eigenvalue weighted by Gasteiger charge is 1.98. The van der Waals surface area contributed by atoms with E-state index >= 15 is 0 Å². The fourth-order valence-electron chi connectivity index (χ4n) is 1.42. The van der Waals surface area contributed by atoms with E-state index in [1.807, 2.05) is 31.2 Å². The molecule has 1 aromatic heterocycles. The highest BCUT2D eigenvalue weighted by molar-refractivity contribution is 7.71. The van der Waals surface area contributed by atoms with Crippen molar-refractivity contribution in [2.24, 2.45) is 0 Å². The average Bonchev–Trinajstić information content (AvgIpc) is 2.30. The maximum absolute atomic E-state index is 5.37. The van der Waals surface area contributed by atoms with Crippen molar-refractivity contribution < 1.29 is 4.74 Å². The fourth-order valence-corrected chi connectivity index (χ4v) is 1.59. The normalized spacial score (nSPS) is 10.1. The predicted molar refractivity (Wildman–Crippen MR) is 66.0 cm³/mol. The SMILES string of the molecule is CCOc1ccc(-c2cncc(=S)[nH]2)cc1. The van der Waals surface area contributed by atoms with E-state index in [2.05, 4.69) is 9.97 Å². The molecular weight excluding hydrogens is 220 g/mol. The first-order valence-corrected chi connectivity index (χ1v) is 5.48. The van der Waals surface area contributed by atoms with Gasteiger partial charge in [-0.25, -0.2) is 0 Å². The third-order valence-corrected chi connectivity index (χ3v) is 2.34. The number of nitrogens with one attached hydrogen (secondary N) is 1. The minimum atomic E-state index is 0.631. The maximum atomic E-state index is 5.37. The molecule has 0 fully saturated rings. The summed E-state index contributed by atoms with van der Waals surface area (Å²) in [5.41, 5.74) is 1.96. The molecular formula is C12H12N2OS. The van der Waals surface area contributed by atoms with Gasteiger partial charge in [-0.1, -0.05) is 12.2 Å². The standard InChI is InChI=1S/C12H12N2OS/c1-2-15-10-5-3-9(4-6-10)11-7-13-8-12(16)14-11/h3-8H,2H2,1H3,(H,14,16). The second kappa shape index (κ2) is 4.90. The van der Waals surface area contributed by atoms with Gasteiger partial charge < -0.3 is 9.72 Å². The topological polar surface area (TPSA) is 37.9 Å². The number of benzene rings is 1. The summed E-state index contributed by atoms with van der Waals surface area (Å²) in [6.45, 7) is 2.64. The van der Waals surface area contributed by atoms with Gasteiger partial charge >= 0.3 is 0 Å². The molecule has 0 aliphatic rings. The molecule has 16 heavy (non-hydrogen) atoms. The highest BCUT2D eigenvalue weighted by atomic mass is 32.1. The molecule has 4 heteroatoms. The molecule has 82 valence electrons. The van der Waals surface area contributed by atoms with E-state index < -0.39 is 0 Å². The second-order valence-corrected chi connectivity index (χ2v) is 3.71. The van der Waals surface area contributed by atoms with Crippen LogP contribution in [0.15, 0.2) is 36.7 Å². The molecule has 0 unspecified atom stereocenters. The Balaban J connectivity index is 2.31. The van der Waals surface area contributed by atoms with Crippen LogP contribution in [0, 0.1) is 4.64 Å². The Bertz CT molecular complexity index is 519. The summed E-state index contributed by atoms with van der Waals surface area (Å²) < 4.78 is 6.00. The van der Waals surface area contributed by atoms with Crippen molar-refractivity contribution in [3.8, 4) is 17.0 Å². The van der Waals surface area contributed by atoms with Crippen LogP contribution in [-0.2, 0) is 0 Å². The van der Waals surface area contributed by atoms with Gasteiger partial charge in [0.15, 0.2) is 0 Å². The highest BCUT2D eigenvalue weighted by Crippen LogP contribution is 2.19. The van der Waals surface area contributed by atoms with Gasteiger partial charge in [-0.15, -0.1) is 0 Å². The Kier molecular flexibility index (Phi) is 3.31. The van der Waals surface area contributed by atoms with Gasteiger partial charge in [0.05, 0.1) is 24.7 Å². The Labute approximate surface area is 99.1 Å². The van der Waals surface area contributed by atoms with Crippen LogP contribution in [0.25, 0.3) is 11.3 Å². The molecule has 1 N–H and O–H groups in total. The smallest absolute Gasteiger partial charge is 0.122 e. The van der Waals surface area contributed by atoms with Crippen molar-refractivity contribution in [3.63, 3.8) is 0 Å². The summed E-state index contributed by atoms with van der Waals surface area (Å²) in [7, 11) is 0. The van der Waals surface area contributed by atoms with Crippen molar-refractivity contribution >= 4 is 12.2 Å². The lowest BCUT2D eigenvalue weighted by molar-refractivity contribution is 0.340. The monoisotopic (exact) mass is 232 g/mol. The van der Waals surface area contributed by atoms with Crippen LogP contribution in [0.3, 0.4) is 0 Å². The number of aromatic amines is 1. The van der Waals surface area contributed by atoms with Crippen LogP contribution in [0.5, 0.6) is 5.75 Å². The third kappa shape index (κ3) is 2.46. The van der Waals surface area contributed by atoms with Crippen LogP contribution >= 0.6 is 12.2 Å². The van der Waals surface area contributed by atoms with Crippen molar-refractivity contribution in [3.05, 3.63) is 41.3 Å². The third-order valence-electron chi connectivity index (χ3n) is 2.13. The van der Waals surface area contributed by atoms with Gasteiger partial charge in [0, 0.05) is 0 Å². The Morgan fingerprint density at radius 1 is 1.25 bits per heavy atom. The molecule has 0 aliphatic carbocycles. The maximum Gasteiger partial charge on any atom is 0.122 e. The number of H-pyrrole nitrogens is 1. The zero-order valence-electron chi connectivity index (χ0n) is 8.93. The minimum Gasteiger partial charge on any atom is -0.494 e. The van der Waals surface area contributed by atoms with E-state index in [1.165, 1.54) is 0 Å². The lowest BCUT2D eigenvalue weighted by Gasteiger charge is -2.04. The van der Waals surface area contributed by atoms with Crippen LogP contribution in [0.1, 0.15) is 6.92 Å². The van der Waals surface area contributed by atoms with Crippen molar-refractivity contribution in [2.45, 2.75) is 6.92 Å². The van der Waals surface area contributed by atoms with E-state index in [0.717, 1.165) is 17.0 Å². The second-order valence-electron chi connectivity index (χ2n) is 3.27. The summed E-state index contributed by atoms with van der Waals surface area (Å²) >= 11 is 5.02. The molecule has 0 bridgehead atoms. The Morgan fingerprint density at radius 3 is 2.62 bits per heavy atom. The molecule has 1 heterocycles. The first-order chi connectivity index (χ1) is 7.79. The molecule has 0 saturated heterocycles. The number of hydrogen-bond acceptors (Lipinski definition) is 3. The van der Waals surface area contributed by atoms with Crippen LogP contribution in [0.4, 0.5) is 0 Å². The zero-order chi connectivity index (χ0) is 11.4. The lowest BCUT2D eigenvalue weighted by atomic mass is 10.1. The van der Waals surface area contributed by atoms with Crippen LogP contribution in [-0.4, -0.2) is 16.6 Å². The first kappa shape index (κ1) is 10.8. The van der Waals surface area contributed by atoms with E-state index in [9.17, 15) is 0 Å². The van der Waals surface area contributed by atoms with Crippen LogP contribution < -0.4 is 4.74 Å². The van der Waals surface area contributed by atoms with Crippen molar-refractivity contribution in [2.75, 3.05) is 6.61 Å². The molecule has 0 radical (unpaired) electrons. The number of nitrogens with zero attached hydrogens (tertiary/aromatic N) is 1. The summed E-state index contributed by atoms with van der Waals surface area (Å²) in [4.78, 5) is 7.14. The summed E-state index contributed by atoms with van der Waals surface area (Å²) in [6, 6.07) is 7.83. The van der Waals surface area contributed by atoms with Crippen LogP contribution in [0.2, 0.25) is 0 Å². The predicted octanol–water partition coefficient (Wildman–Crippen LogP) is 3.20. The van der Waals surface area contributed by atoms with Gasteiger partial charge in [0.25, 0.3) is 0 Å². The van der Waals surface area contributed by atoms with E-state index in [1.54, 1.807) is 12.4 Å².